The van der Waals surface area contributed by atoms with Gasteiger partial charge in [0, 0.05) is 8.80 Å². The lowest BCUT2D eigenvalue weighted by atomic mass is 11.8. The fourth-order valence-electron chi connectivity index (χ4n) is 0. The molecule has 0 aliphatic rings. The van der Waals surface area contributed by atoms with Crippen LogP contribution >= 0.6 is 0 Å². The highest BCUT2D eigenvalue weighted by Crippen LogP contribution is 1.68. The van der Waals surface area contributed by atoms with E-state index in [9.17, 15) is 0 Å². The number of rotatable bonds is 0. The summed E-state index contributed by atoms with van der Waals surface area (Å²) in [5.41, 5.74) is 0. The molecule has 0 saturated carbocycles. The third kappa shape index (κ3) is 810. The summed E-state index contributed by atoms with van der Waals surface area (Å²) in [6.45, 7) is 6.92. The predicted octanol–water partition coefficient (Wildman–Crippen LogP) is 0.0679. The molecule has 0 amide bonds. The van der Waals surface area contributed by atoms with E-state index in [2.05, 4.69) is 19.6 Å². The Balaban J connectivity index is 0. The molecule has 0 radical (unpaired) electrons. The second kappa shape index (κ2) is 8.97. The van der Waals surface area contributed by atoms with Crippen LogP contribution in [-0.2, 0) is 4.46 Å². The largest absolute Gasteiger partial charge is 0.396 e. The Hall–Kier alpha value is 0.234. The van der Waals surface area contributed by atoms with Gasteiger partial charge in [0.25, 0.3) is 0 Å². The van der Waals surface area contributed by atoms with Gasteiger partial charge in [-0.05, 0) is 0 Å². The standard InChI is InChI=1S/C3H10Si.H2OSi/c1-4(2)3;1-2/h4H,1-3H3;2H2. The molecule has 0 fully saturated rings. The van der Waals surface area contributed by atoms with Crippen molar-refractivity contribution in [3.8, 4) is 0 Å². The van der Waals surface area contributed by atoms with Gasteiger partial charge < -0.3 is 4.46 Å². The Labute approximate surface area is 43.9 Å². The quantitative estimate of drug-likeness (QED) is 0.413. The second-order valence-electron chi connectivity index (χ2n) is 1.73. The maximum atomic E-state index is 8.28. The minimum absolute atomic E-state index is 0.139. The summed E-state index contributed by atoms with van der Waals surface area (Å²) in [5, 5.41) is 0. The molecule has 0 N–H and O–H groups in total. The van der Waals surface area contributed by atoms with Crippen LogP contribution in [0, 0.1) is 0 Å². The van der Waals surface area contributed by atoms with E-state index in [1.165, 1.54) is 0 Å². The third-order valence-electron chi connectivity index (χ3n) is 0. The van der Waals surface area contributed by atoms with Crippen LogP contribution in [0.25, 0.3) is 0 Å². The summed E-state index contributed by atoms with van der Waals surface area (Å²) in [7, 11) is 0.472. The molecule has 0 atom stereocenters. The van der Waals surface area contributed by atoms with Gasteiger partial charge in [0.15, 0.2) is 0 Å². The van der Waals surface area contributed by atoms with Crippen molar-refractivity contribution in [3.63, 3.8) is 0 Å². The first-order valence-electron chi connectivity index (χ1n) is 2.02. The first kappa shape index (κ1) is 9.53. The highest BCUT2D eigenvalue weighted by molar-refractivity contribution is 6.54. The van der Waals surface area contributed by atoms with Crippen molar-refractivity contribution in [3.05, 3.63) is 0 Å². The van der Waals surface area contributed by atoms with E-state index in [-0.39, 0.29) is 8.80 Å². The fraction of sp³-hybridized carbons (Fsp3) is 1.00. The van der Waals surface area contributed by atoms with E-state index in [0.29, 0.717) is 10.1 Å². The fourth-order valence-corrected chi connectivity index (χ4v) is 0. The third-order valence-corrected chi connectivity index (χ3v) is 0. The normalized spacial score (nSPS) is 6.67. The topological polar surface area (TPSA) is 17.1 Å². The molecule has 0 aromatic heterocycles. The van der Waals surface area contributed by atoms with Gasteiger partial charge in [0.05, 0.1) is 0 Å². The Kier molecular flexibility index (Phi) is 14.2. The van der Waals surface area contributed by atoms with Gasteiger partial charge in [0.1, 0.15) is 0 Å². The molecule has 0 aromatic rings. The van der Waals surface area contributed by atoms with Gasteiger partial charge in [-0.1, -0.05) is 19.6 Å². The van der Waals surface area contributed by atoms with Gasteiger partial charge >= 0.3 is 0 Å². The van der Waals surface area contributed by atoms with Crippen LogP contribution in [0.3, 0.4) is 0 Å². The molecule has 0 unspecified atom stereocenters. The lowest BCUT2D eigenvalue weighted by molar-refractivity contribution is 0.590. The number of hydrogen-bond donors (Lipinski definition) is 0. The minimum Gasteiger partial charge on any atom is -0.396 e. The van der Waals surface area contributed by atoms with Crippen molar-refractivity contribution in [1.29, 1.82) is 0 Å². The van der Waals surface area contributed by atoms with Crippen LogP contribution in [0.1, 0.15) is 0 Å². The lowest BCUT2D eigenvalue weighted by Gasteiger charge is -1.75. The molecule has 3 heteroatoms. The molecule has 6 heavy (non-hydrogen) atoms. The van der Waals surface area contributed by atoms with Crippen LogP contribution in [-0.4, -0.2) is 18.9 Å². The van der Waals surface area contributed by atoms with Gasteiger partial charge in [-0.2, -0.15) is 0 Å². The maximum absolute atomic E-state index is 8.28. The van der Waals surface area contributed by atoms with E-state index in [1.54, 1.807) is 0 Å². The Morgan fingerprint density at radius 2 is 1.17 bits per heavy atom. The summed E-state index contributed by atoms with van der Waals surface area (Å²) in [6.07, 6.45) is 0. The first-order valence-corrected chi connectivity index (χ1v) is 6.06. The van der Waals surface area contributed by atoms with Crippen LogP contribution < -0.4 is 0 Å². The summed E-state index contributed by atoms with van der Waals surface area (Å²) < 4.78 is 8.28. The molecular weight excluding hydrogens is 108 g/mol. The van der Waals surface area contributed by atoms with Crippen molar-refractivity contribution in [2.75, 3.05) is 0 Å². The summed E-state index contributed by atoms with van der Waals surface area (Å²) in [6, 6.07) is 0. The van der Waals surface area contributed by atoms with Crippen molar-refractivity contribution >= 4 is 18.9 Å². The second-order valence-corrected chi connectivity index (χ2v) is 5.20. The average Bonchev–Trinajstić information content (AvgIpc) is 1.41. The van der Waals surface area contributed by atoms with E-state index in [1.807, 2.05) is 0 Å². The lowest BCUT2D eigenvalue weighted by Crippen LogP contribution is -1.84. The zero-order valence-corrected chi connectivity index (χ0v) is 7.26. The number of hydrogen-bond acceptors (Lipinski definition) is 1. The molecule has 1 nitrogen and oxygen atoms in total. The molecule has 0 aliphatic heterocycles. The molecule has 0 aromatic carbocycles. The summed E-state index contributed by atoms with van der Waals surface area (Å²) in [5.74, 6) is 0. The van der Waals surface area contributed by atoms with Crippen LogP contribution in [0.4, 0.5) is 0 Å². The van der Waals surface area contributed by atoms with Crippen LogP contribution in [0.15, 0.2) is 0 Å². The highest BCUT2D eigenvalue weighted by Gasteiger charge is 1.71. The van der Waals surface area contributed by atoms with Gasteiger partial charge in [-0.25, -0.2) is 0 Å². The monoisotopic (exact) mass is 120 g/mol. The van der Waals surface area contributed by atoms with Crippen LogP contribution in [0.2, 0.25) is 19.6 Å². The summed E-state index contributed by atoms with van der Waals surface area (Å²) >= 11 is 0. The molecule has 0 heterocycles. The smallest absolute Gasteiger partial charge is 0.245 e. The Morgan fingerprint density at radius 1 is 1.17 bits per heavy atom. The van der Waals surface area contributed by atoms with E-state index < -0.39 is 0 Å². The predicted molar refractivity (Wildman–Crippen MR) is 34.0 cm³/mol. The summed E-state index contributed by atoms with van der Waals surface area (Å²) in [4.78, 5) is 0. The van der Waals surface area contributed by atoms with E-state index in [0.717, 1.165) is 0 Å². The van der Waals surface area contributed by atoms with E-state index >= 15 is 0 Å². The minimum atomic E-state index is -0.139. The highest BCUT2D eigenvalue weighted by atomic mass is 28.3. The van der Waals surface area contributed by atoms with Gasteiger partial charge in [0.2, 0.25) is 10.1 Å². The van der Waals surface area contributed by atoms with Gasteiger partial charge in [-0.3, -0.25) is 0 Å². The van der Waals surface area contributed by atoms with Crippen molar-refractivity contribution in [2.24, 2.45) is 0 Å². The molecule has 38 valence electrons. The van der Waals surface area contributed by atoms with Gasteiger partial charge in [-0.15, -0.1) is 0 Å². The first-order chi connectivity index (χ1) is 2.73. The van der Waals surface area contributed by atoms with E-state index in [4.69, 9.17) is 4.46 Å². The Morgan fingerprint density at radius 3 is 1.17 bits per heavy atom. The molecule has 0 spiro atoms. The van der Waals surface area contributed by atoms with Crippen LogP contribution in [0.5, 0.6) is 0 Å². The molecule has 0 saturated heterocycles. The average molecular weight is 120 g/mol. The Bertz CT molecular complexity index is 20.0. The molecular formula is C3H12OSi2. The SMILES string of the molecule is C[SiH](C)C.O=[SiH2]. The zero-order chi connectivity index (χ0) is 5.58. The maximum Gasteiger partial charge on any atom is 0.245 e. The molecule has 0 aliphatic carbocycles. The zero-order valence-electron chi connectivity index (χ0n) is 4.69. The van der Waals surface area contributed by atoms with Crippen molar-refractivity contribution < 1.29 is 4.46 Å². The molecule has 0 bridgehead atoms. The molecule has 0 rings (SSSR count). The van der Waals surface area contributed by atoms with Crippen molar-refractivity contribution in [1.82, 2.24) is 0 Å². The van der Waals surface area contributed by atoms with Crippen molar-refractivity contribution in [2.45, 2.75) is 19.6 Å².